The average Bonchev–Trinajstić information content (AvgIpc) is 2.32. The van der Waals surface area contributed by atoms with Crippen LogP contribution in [0.5, 0.6) is 5.75 Å². The predicted octanol–water partition coefficient (Wildman–Crippen LogP) is 2.54. The first kappa shape index (κ1) is 12.2. The van der Waals surface area contributed by atoms with Gasteiger partial charge in [-0.2, -0.15) is 0 Å². The van der Waals surface area contributed by atoms with Gasteiger partial charge < -0.3 is 10.0 Å². The molecule has 1 heterocycles. The Balaban J connectivity index is 2.22. The van der Waals surface area contributed by atoms with Gasteiger partial charge in [0.15, 0.2) is 0 Å². The lowest BCUT2D eigenvalue weighted by atomic mass is 10.1. The summed E-state index contributed by atoms with van der Waals surface area (Å²) in [6.07, 6.45) is 1.87. The molecule has 1 saturated heterocycles. The van der Waals surface area contributed by atoms with Crippen molar-refractivity contribution in [2.24, 2.45) is 0 Å². The fourth-order valence-corrected chi connectivity index (χ4v) is 2.43. The van der Waals surface area contributed by atoms with Crippen molar-refractivity contribution in [3.8, 4) is 5.75 Å². The Morgan fingerprint density at radius 1 is 1.53 bits per heavy atom. The number of hydrogen-bond acceptors (Lipinski definition) is 2. The molecular formula is C13H16ClNO2. The monoisotopic (exact) mass is 253 g/mol. The Morgan fingerprint density at radius 3 is 3.00 bits per heavy atom. The quantitative estimate of drug-likeness (QED) is 0.782. The lowest BCUT2D eigenvalue weighted by Crippen LogP contribution is -2.40. The molecule has 92 valence electrons. The maximum Gasteiger partial charge on any atom is 0.257 e. The smallest absolute Gasteiger partial charge is 0.257 e. The first-order valence-electron chi connectivity index (χ1n) is 5.81. The molecule has 1 aliphatic rings. The molecule has 1 aromatic rings. The van der Waals surface area contributed by atoms with E-state index in [-0.39, 0.29) is 17.0 Å². The number of hydrogen-bond donors (Lipinski definition) is 1. The summed E-state index contributed by atoms with van der Waals surface area (Å²) in [5, 5.41) is 9.91. The molecule has 1 aromatic carbocycles. The van der Waals surface area contributed by atoms with Gasteiger partial charge in [0.1, 0.15) is 5.75 Å². The third kappa shape index (κ3) is 2.55. The molecule has 0 spiro atoms. The number of phenolic OH excluding ortho intramolecular Hbond substituents is 1. The topological polar surface area (TPSA) is 40.5 Å². The Bertz CT molecular complexity index is 433. The molecule has 0 bridgehead atoms. The van der Waals surface area contributed by atoms with Crippen LogP contribution in [0, 0.1) is 6.92 Å². The number of nitrogens with zero attached hydrogens (tertiary/aromatic N) is 1. The zero-order chi connectivity index (χ0) is 12.4. The van der Waals surface area contributed by atoms with Gasteiger partial charge in [-0.05, 0) is 31.4 Å². The van der Waals surface area contributed by atoms with Crippen molar-refractivity contribution in [3.63, 3.8) is 0 Å². The fraction of sp³-hybridized carbons (Fsp3) is 0.462. The normalized spacial score (nSPS) is 20.4. The van der Waals surface area contributed by atoms with Crippen molar-refractivity contribution in [3.05, 3.63) is 29.3 Å². The van der Waals surface area contributed by atoms with Gasteiger partial charge in [0.25, 0.3) is 5.91 Å². The third-order valence-corrected chi connectivity index (χ3v) is 3.48. The van der Waals surface area contributed by atoms with Gasteiger partial charge in [0, 0.05) is 13.1 Å². The van der Waals surface area contributed by atoms with E-state index in [4.69, 9.17) is 11.6 Å². The molecule has 3 nitrogen and oxygen atoms in total. The standard InChI is InChI=1S/C13H16ClNO2/c1-9-4-2-6-11(12(9)16)13(17)15-7-3-5-10(14)8-15/h2,4,6,10,16H,3,5,7-8H2,1H3. The summed E-state index contributed by atoms with van der Waals surface area (Å²) in [7, 11) is 0. The van der Waals surface area contributed by atoms with Crippen LogP contribution in [-0.2, 0) is 0 Å². The number of carbonyl (C=O) groups is 1. The largest absolute Gasteiger partial charge is 0.507 e. The van der Waals surface area contributed by atoms with Crippen molar-refractivity contribution >= 4 is 17.5 Å². The predicted molar refractivity (Wildman–Crippen MR) is 67.6 cm³/mol. The van der Waals surface area contributed by atoms with Crippen molar-refractivity contribution < 1.29 is 9.90 Å². The van der Waals surface area contributed by atoms with E-state index in [1.165, 1.54) is 0 Å². The van der Waals surface area contributed by atoms with Crippen molar-refractivity contribution in [2.75, 3.05) is 13.1 Å². The Morgan fingerprint density at radius 2 is 2.29 bits per heavy atom. The number of alkyl halides is 1. The van der Waals surface area contributed by atoms with Crippen LogP contribution in [-0.4, -0.2) is 34.4 Å². The van der Waals surface area contributed by atoms with Gasteiger partial charge in [-0.3, -0.25) is 4.79 Å². The minimum absolute atomic E-state index is 0.0275. The number of halogens is 1. The number of piperidine rings is 1. The number of amides is 1. The van der Waals surface area contributed by atoms with Crippen molar-refractivity contribution in [1.29, 1.82) is 0 Å². The molecule has 1 aliphatic heterocycles. The Kier molecular flexibility index (Phi) is 3.57. The highest BCUT2D eigenvalue weighted by molar-refractivity contribution is 6.21. The molecule has 1 amide bonds. The summed E-state index contributed by atoms with van der Waals surface area (Å²) in [6.45, 7) is 3.07. The van der Waals surface area contributed by atoms with Crippen LogP contribution in [0.2, 0.25) is 0 Å². The summed E-state index contributed by atoms with van der Waals surface area (Å²) in [4.78, 5) is 13.9. The van der Waals surface area contributed by atoms with Gasteiger partial charge in [-0.15, -0.1) is 11.6 Å². The highest BCUT2D eigenvalue weighted by atomic mass is 35.5. The highest BCUT2D eigenvalue weighted by Gasteiger charge is 2.24. The summed E-state index contributed by atoms with van der Waals surface area (Å²) in [5.41, 5.74) is 1.09. The Labute approximate surface area is 106 Å². The summed E-state index contributed by atoms with van der Waals surface area (Å²) in [6, 6.07) is 5.22. The molecule has 4 heteroatoms. The number of para-hydroxylation sites is 1. The zero-order valence-electron chi connectivity index (χ0n) is 9.82. The number of aryl methyl sites for hydroxylation is 1. The number of rotatable bonds is 1. The third-order valence-electron chi connectivity index (χ3n) is 3.12. The highest BCUT2D eigenvalue weighted by Crippen LogP contribution is 2.25. The average molecular weight is 254 g/mol. The van der Waals surface area contributed by atoms with E-state index in [9.17, 15) is 9.90 Å². The molecular weight excluding hydrogens is 238 g/mol. The molecule has 17 heavy (non-hydrogen) atoms. The van der Waals surface area contributed by atoms with Gasteiger partial charge in [-0.25, -0.2) is 0 Å². The number of likely N-dealkylation sites (tertiary alicyclic amines) is 1. The van der Waals surface area contributed by atoms with E-state index in [2.05, 4.69) is 0 Å². The lowest BCUT2D eigenvalue weighted by Gasteiger charge is -2.30. The molecule has 0 aromatic heterocycles. The SMILES string of the molecule is Cc1cccc(C(=O)N2CCCC(Cl)C2)c1O. The minimum atomic E-state index is -0.128. The summed E-state index contributed by atoms with van der Waals surface area (Å²) >= 11 is 6.06. The van der Waals surface area contributed by atoms with Gasteiger partial charge in [-0.1, -0.05) is 12.1 Å². The van der Waals surface area contributed by atoms with E-state index in [1.807, 2.05) is 0 Å². The van der Waals surface area contributed by atoms with Crippen LogP contribution in [0.25, 0.3) is 0 Å². The van der Waals surface area contributed by atoms with Crippen LogP contribution < -0.4 is 0 Å². The first-order valence-corrected chi connectivity index (χ1v) is 6.25. The minimum Gasteiger partial charge on any atom is -0.507 e. The van der Waals surface area contributed by atoms with Crippen LogP contribution in [0.3, 0.4) is 0 Å². The molecule has 0 aliphatic carbocycles. The summed E-state index contributed by atoms with van der Waals surface area (Å²) < 4.78 is 0. The summed E-state index contributed by atoms with van der Waals surface area (Å²) in [5.74, 6) is -0.0502. The fourth-order valence-electron chi connectivity index (χ4n) is 2.11. The molecule has 2 rings (SSSR count). The van der Waals surface area contributed by atoms with E-state index in [1.54, 1.807) is 30.0 Å². The second kappa shape index (κ2) is 4.96. The van der Waals surface area contributed by atoms with Crippen molar-refractivity contribution in [1.82, 2.24) is 4.90 Å². The van der Waals surface area contributed by atoms with Crippen LogP contribution in [0.4, 0.5) is 0 Å². The van der Waals surface area contributed by atoms with Crippen LogP contribution in [0.15, 0.2) is 18.2 Å². The number of phenols is 1. The second-order valence-corrected chi connectivity index (χ2v) is 5.08. The maximum absolute atomic E-state index is 12.2. The van der Waals surface area contributed by atoms with Crippen molar-refractivity contribution in [2.45, 2.75) is 25.1 Å². The van der Waals surface area contributed by atoms with Crippen LogP contribution in [0.1, 0.15) is 28.8 Å². The van der Waals surface area contributed by atoms with E-state index >= 15 is 0 Å². The van der Waals surface area contributed by atoms with Gasteiger partial charge in [0.05, 0.1) is 10.9 Å². The van der Waals surface area contributed by atoms with Gasteiger partial charge in [0.2, 0.25) is 0 Å². The number of carbonyl (C=O) groups excluding carboxylic acids is 1. The number of benzene rings is 1. The van der Waals surface area contributed by atoms with E-state index in [0.717, 1.165) is 24.9 Å². The Hall–Kier alpha value is -1.22. The first-order chi connectivity index (χ1) is 8.09. The zero-order valence-corrected chi connectivity index (χ0v) is 10.6. The molecule has 1 N–H and O–H groups in total. The van der Waals surface area contributed by atoms with E-state index < -0.39 is 0 Å². The molecule has 0 radical (unpaired) electrons. The van der Waals surface area contributed by atoms with E-state index in [0.29, 0.717) is 12.1 Å². The molecule has 1 fully saturated rings. The maximum atomic E-state index is 12.2. The second-order valence-electron chi connectivity index (χ2n) is 4.46. The molecule has 1 unspecified atom stereocenters. The van der Waals surface area contributed by atoms with Crippen LogP contribution >= 0.6 is 11.6 Å². The van der Waals surface area contributed by atoms with Gasteiger partial charge >= 0.3 is 0 Å². The lowest BCUT2D eigenvalue weighted by molar-refractivity contribution is 0.0724. The molecule has 1 atom stereocenters. The number of aromatic hydroxyl groups is 1. The molecule has 0 saturated carbocycles.